The monoisotopic (exact) mass is 188 g/mol. The molecule has 0 aliphatic heterocycles. The second-order valence-corrected chi connectivity index (χ2v) is 3.86. The molecule has 80 valence electrons. The third kappa shape index (κ3) is 3.65. The lowest BCUT2D eigenvalue weighted by Gasteiger charge is -2.31. The van der Waals surface area contributed by atoms with Gasteiger partial charge in [0.1, 0.15) is 0 Å². The molecule has 0 saturated heterocycles. The van der Waals surface area contributed by atoms with Gasteiger partial charge in [-0.2, -0.15) is 0 Å². The van der Waals surface area contributed by atoms with Crippen LogP contribution in [0.5, 0.6) is 0 Å². The van der Waals surface area contributed by atoms with Crippen molar-refractivity contribution in [3.8, 4) is 0 Å². The van der Waals surface area contributed by atoms with E-state index in [-0.39, 0.29) is 24.0 Å². The average molecular weight is 188 g/mol. The summed E-state index contributed by atoms with van der Waals surface area (Å²) in [7, 11) is 0. The Kier molecular flexibility index (Phi) is 6.35. The molecule has 0 aromatic rings. The standard InChI is InChI=1S/C11H24O2/c1-5-9(8(4)12)10(6-2)11(13)7-3/h8-13H,5-7H2,1-4H3. The Bertz CT molecular complexity index is 123. The van der Waals surface area contributed by atoms with Gasteiger partial charge in [0.05, 0.1) is 12.2 Å². The third-order valence-corrected chi connectivity index (χ3v) is 3.02. The summed E-state index contributed by atoms with van der Waals surface area (Å²) in [6, 6.07) is 0. The van der Waals surface area contributed by atoms with Crippen molar-refractivity contribution in [1.82, 2.24) is 0 Å². The first-order valence-electron chi connectivity index (χ1n) is 5.44. The summed E-state index contributed by atoms with van der Waals surface area (Å²) < 4.78 is 0. The summed E-state index contributed by atoms with van der Waals surface area (Å²) in [6.45, 7) is 7.96. The Morgan fingerprint density at radius 1 is 0.846 bits per heavy atom. The fraction of sp³-hybridized carbons (Fsp3) is 1.00. The largest absolute Gasteiger partial charge is 0.393 e. The van der Waals surface area contributed by atoms with E-state index in [4.69, 9.17) is 0 Å². The number of hydrogen-bond acceptors (Lipinski definition) is 2. The minimum atomic E-state index is -0.309. The molecule has 13 heavy (non-hydrogen) atoms. The van der Waals surface area contributed by atoms with Crippen LogP contribution in [0.15, 0.2) is 0 Å². The van der Waals surface area contributed by atoms with Gasteiger partial charge < -0.3 is 10.2 Å². The molecule has 0 rings (SSSR count). The van der Waals surface area contributed by atoms with E-state index in [2.05, 4.69) is 13.8 Å². The van der Waals surface area contributed by atoms with Crippen LogP contribution in [0.3, 0.4) is 0 Å². The van der Waals surface area contributed by atoms with Crippen molar-refractivity contribution in [3.05, 3.63) is 0 Å². The average Bonchev–Trinajstić information content (AvgIpc) is 2.12. The van der Waals surface area contributed by atoms with Crippen LogP contribution in [0.4, 0.5) is 0 Å². The van der Waals surface area contributed by atoms with Crippen molar-refractivity contribution in [2.24, 2.45) is 11.8 Å². The summed E-state index contributed by atoms with van der Waals surface area (Å²) in [5, 5.41) is 19.3. The smallest absolute Gasteiger partial charge is 0.0569 e. The van der Waals surface area contributed by atoms with Crippen molar-refractivity contribution < 1.29 is 10.2 Å². The van der Waals surface area contributed by atoms with Gasteiger partial charge in [-0.25, -0.2) is 0 Å². The molecule has 0 radical (unpaired) electrons. The highest BCUT2D eigenvalue weighted by atomic mass is 16.3. The Morgan fingerprint density at radius 2 is 1.31 bits per heavy atom. The van der Waals surface area contributed by atoms with Crippen LogP contribution in [0.1, 0.15) is 47.0 Å². The summed E-state index contributed by atoms with van der Waals surface area (Å²) >= 11 is 0. The van der Waals surface area contributed by atoms with Gasteiger partial charge in [-0.3, -0.25) is 0 Å². The Morgan fingerprint density at radius 3 is 1.54 bits per heavy atom. The van der Waals surface area contributed by atoms with Gasteiger partial charge in [0.15, 0.2) is 0 Å². The normalized spacial score (nSPS) is 20.8. The van der Waals surface area contributed by atoms with Gasteiger partial charge in [0.2, 0.25) is 0 Å². The molecule has 2 nitrogen and oxygen atoms in total. The number of hydrogen-bond donors (Lipinski definition) is 2. The van der Waals surface area contributed by atoms with E-state index in [9.17, 15) is 10.2 Å². The lowest BCUT2D eigenvalue weighted by molar-refractivity contribution is 0.00906. The summed E-state index contributed by atoms with van der Waals surface area (Å²) in [6.07, 6.45) is 2.09. The molecule has 0 fully saturated rings. The lowest BCUT2D eigenvalue weighted by atomic mass is 9.80. The van der Waals surface area contributed by atoms with Crippen LogP contribution in [0.2, 0.25) is 0 Å². The van der Waals surface area contributed by atoms with E-state index < -0.39 is 0 Å². The number of aliphatic hydroxyl groups excluding tert-OH is 2. The van der Waals surface area contributed by atoms with Crippen LogP contribution in [-0.4, -0.2) is 22.4 Å². The van der Waals surface area contributed by atoms with E-state index in [1.165, 1.54) is 0 Å². The van der Waals surface area contributed by atoms with Gasteiger partial charge in [0.25, 0.3) is 0 Å². The van der Waals surface area contributed by atoms with E-state index in [1.807, 2.05) is 13.8 Å². The van der Waals surface area contributed by atoms with Gasteiger partial charge in [-0.05, 0) is 25.2 Å². The number of rotatable bonds is 6. The third-order valence-electron chi connectivity index (χ3n) is 3.02. The van der Waals surface area contributed by atoms with Gasteiger partial charge in [-0.1, -0.05) is 33.6 Å². The molecule has 0 aromatic carbocycles. The van der Waals surface area contributed by atoms with Crippen LogP contribution < -0.4 is 0 Å². The topological polar surface area (TPSA) is 40.5 Å². The Balaban J connectivity index is 4.33. The Labute approximate surface area is 82.0 Å². The zero-order valence-corrected chi connectivity index (χ0v) is 9.33. The molecule has 4 unspecified atom stereocenters. The first-order valence-corrected chi connectivity index (χ1v) is 5.44. The summed E-state index contributed by atoms with van der Waals surface area (Å²) in [5.41, 5.74) is 0. The van der Waals surface area contributed by atoms with E-state index in [0.717, 1.165) is 19.3 Å². The zero-order chi connectivity index (χ0) is 10.4. The van der Waals surface area contributed by atoms with E-state index >= 15 is 0 Å². The molecule has 0 aliphatic carbocycles. The van der Waals surface area contributed by atoms with Crippen molar-refractivity contribution >= 4 is 0 Å². The second-order valence-electron chi connectivity index (χ2n) is 3.86. The fourth-order valence-corrected chi connectivity index (χ4v) is 2.16. The fourth-order valence-electron chi connectivity index (χ4n) is 2.16. The molecule has 0 amide bonds. The van der Waals surface area contributed by atoms with Crippen molar-refractivity contribution in [2.75, 3.05) is 0 Å². The van der Waals surface area contributed by atoms with Crippen molar-refractivity contribution in [1.29, 1.82) is 0 Å². The molecule has 0 aliphatic rings. The first kappa shape index (κ1) is 12.9. The second kappa shape index (κ2) is 6.39. The highest BCUT2D eigenvalue weighted by molar-refractivity contribution is 4.77. The molecular formula is C11H24O2. The minimum absolute atomic E-state index is 0.236. The maximum atomic E-state index is 9.76. The SMILES string of the molecule is CCC(O)C(CC)C(CC)C(C)O. The molecule has 0 bridgehead atoms. The lowest BCUT2D eigenvalue weighted by Crippen LogP contribution is -2.33. The molecule has 0 spiro atoms. The van der Waals surface area contributed by atoms with Crippen molar-refractivity contribution in [3.63, 3.8) is 0 Å². The van der Waals surface area contributed by atoms with Gasteiger partial charge >= 0.3 is 0 Å². The highest BCUT2D eigenvalue weighted by Crippen LogP contribution is 2.27. The molecule has 0 heterocycles. The molecule has 2 N–H and O–H groups in total. The zero-order valence-electron chi connectivity index (χ0n) is 9.33. The van der Waals surface area contributed by atoms with Crippen molar-refractivity contribution in [2.45, 2.75) is 59.2 Å². The van der Waals surface area contributed by atoms with Gasteiger partial charge in [0, 0.05) is 0 Å². The molecule has 0 aromatic heterocycles. The maximum Gasteiger partial charge on any atom is 0.0569 e. The van der Waals surface area contributed by atoms with Gasteiger partial charge in [-0.15, -0.1) is 0 Å². The van der Waals surface area contributed by atoms with Crippen LogP contribution in [0, 0.1) is 11.8 Å². The summed E-state index contributed by atoms with van der Waals surface area (Å²) in [4.78, 5) is 0. The van der Waals surface area contributed by atoms with E-state index in [1.54, 1.807) is 0 Å². The van der Waals surface area contributed by atoms with E-state index in [0.29, 0.717) is 0 Å². The van der Waals surface area contributed by atoms with Crippen LogP contribution in [0.25, 0.3) is 0 Å². The predicted octanol–water partition coefficient (Wildman–Crippen LogP) is 2.19. The molecule has 0 saturated carbocycles. The first-order chi connectivity index (χ1) is 6.08. The molecule has 2 heteroatoms. The Hall–Kier alpha value is -0.0800. The quantitative estimate of drug-likeness (QED) is 0.671. The molecular weight excluding hydrogens is 164 g/mol. The number of aliphatic hydroxyl groups is 2. The maximum absolute atomic E-state index is 9.76. The highest BCUT2D eigenvalue weighted by Gasteiger charge is 2.27. The van der Waals surface area contributed by atoms with Crippen LogP contribution in [-0.2, 0) is 0 Å². The van der Waals surface area contributed by atoms with Crippen LogP contribution >= 0.6 is 0 Å². The summed E-state index contributed by atoms with van der Waals surface area (Å²) in [5.74, 6) is 0.481. The molecule has 4 atom stereocenters. The minimum Gasteiger partial charge on any atom is -0.393 e. The predicted molar refractivity (Wildman–Crippen MR) is 55.5 cm³/mol.